The van der Waals surface area contributed by atoms with Crippen molar-refractivity contribution in [1.29, 1.82) is 0 Å². The maximum absolute atomic E-state index is 13.0. The van der Waals surface area contributed by atoms with Crippen LogP contribution in [-0.2, 0) is 4.79 Å². The van der Waals surface area contributed by atoms with Gasteiger partial charge in [0.1, 0.15) is 5.75 Å². The van der Waals surface area contributed by atoms with Crippen LogP contribution in [0.1, 0.15) is 26.3 Å². The molecule has 0 atom stereocenters. The normalized spacial score (nSPS) is 10.2. The molecule has 176 valence electrons. The number of halogens is 1. The topological polar surface area (TPSA) is 103 Å². The minimum atomic E-state index is -0.538. The van der Waals surface area contributed by atoms with E-state index in [-0.39, 0.29) is 23.6 Å². The molecule has 0 aromatic heterocycles. The third-order valence-corrected chi connectivity index (χ3v) is 5.39. The number of rotatable bonds is 9. The summed E-state index contributed by atoms with van der Waals surface area (Å²) in [5.41, 5.74) is 1.32. The van der Waals surface area contributed by atoms with E-state index in [1.807, 2.05) is 6.07 Å². The van der Waals surface area contributed by atoms with Crippen molar-refractivity contribution in [3.05, 3.63) is 81.8 Å². The average molecular weight is 527 g/mol. The van der Waals surface area contributed by atoms with Gasteiger partial charge in [-0.25, -0.2) is 0 Å². The van der Waals surface area contributed by atoms with Gasteiger partial charge in [0.2, 0.25) is 5.91 Å². The van der Waals surface area contributed by atoms with Crippen molar-refractivity contribution < 1.29 is 28.6 Å². The second-order valence-electron chi connectivity index (χ2n) is 7.02. The number of carbonyl (C=O) groups excluding carboxylic acids is 3. The van der Waals surface area contributed by atoms with Crippen LogP contribution in [0.2, 0.25) is 0 Å². The Morgan fingerprint density at radius 2 is 1.44 bits per heavy atom. The van der Waals surface area contributed by atoms with Crippen molar-refractivity contribution in [3.8, 4) is 17.2 Å². The maximum Gasteiger partial charge on any atom is 0.255 e. The molecule has 34 heavy (non-hydrogen) atoms. The molecule has 3 rings (SSSR count). The van der Waals surface area contributed by atoms with Crippen LogP contribution < -0.4 is 24.8 Å². The fraction of sp³-hybridized carbons (Fsp3) is 0.160. The first-order valence-corrected chi connectivity index (χ1v) is 10.9. The summed E-state index contributed by atoms with van der Waals surface area (Å²) >= 11 is 3.36. The largest absolute Gasteiger partial charge is 0.496 e. The van der Waals surface area contributed by atoms with Crippen molar-refractivity contribution in [2.24, 2.45) is 0 Å². The molecule has 0 unspecified atom stereocenters. The molecule has 2 N–H and O–H groups in total. The Balaban J connectivity index is 1.74. The summed E-state index contributed by atoms with van der Waals surface area (Å²) in [5, 5.41) is 5.25. The molecule has 2 amide bonds. The van der Waals surface area contributed by atoms with Crippen LogP contribution in [0, 0.1) is 0 Å². The molecule has 3 aromatic carbocycles. The summed E-state index contributed by atoms with van der Waals surface area (Å²) in [6, 6.07) is 16.7. The standard InChI is InChI=1S/C25H23BrN2O6/c1-32-20-13-22(34-3)21(33-2)12-18(20)25(31)27-14-23(29)28-19-10-9-16(26)11-17(19)24(30)15-7-5-4-6-8-15/h4-13H,14H2,1-3H3,(H,27,31)(H,28,29). The number of nitrogens with one attached hydrogen (secondary N) is 2. The second-order valence-corrected chi connectivity index (χ2v) is 7.94. The first kappa shape index (κ1) is 24.8. The number of anilines is 1. The molecule has 0 aliphatic carbocycles. The number of hydrogen-bond acceptors (Lipinski definition) is 6. The zero-order valence-electron chi connectivity index (χ0n) is 18.8. The number of ketones is 1. The van der Waals surface area contributed by atoms with Crippen LogP contribution in [0.4, 0.5) is 5.69 Å². The van der Waals surface area contributed by atoms with E-state index >= 15 is 0 Å². The molecular formula is C25H23BrN2O6. The molecule has 0 spiro atoms. The van der Waals surface area contributed by atoms with Crippen molar-refractivity contribution >= 4 is 39.2 Å². The predicted octanol–water partition coefficient (Wildman–Crippen LogP) is 4.07. The molecule has 0 bridgehead atoms. The molecule has 0 fully saturated rings. The zero-order valence-corrected chi connectivity index (χ0v) is 20.4. The highest BCUT2D eigenvalue weighted by atomic mass is 79.9. The summed E-state index contributed by atoms with van der Waals surface area (Å²) < 4.78 is 16.4. The van der Waals surface area contributed by atoms with Gasteiger partial charge in [-0.1, -0.05) is 46.3 Å². The van der Waals surface area contributed by atoms with E-state index in [4.69, 9.17) is 14.2 Å². The van der Waals surface area contributed by atoms with Crippen LogP contribution in [-0.4, -0.2) is 45.5 Å². The third-order valence-electron chi connectivity index (χ3n) is 4.90. The number of methoxy groups -OCH3 is 3. The number of amides is 2. The summed E-state index contributed by atoms with van der Waals surface area (Å²) in [6.07, 6.45) is 0. The lowest BCUT2D eigenvalue weighted by molar-refractivity contribution is -0.115. The van der Waals surface area contributed by atoms with E-state index in [0.29, 0.717) is 32.8 Å². The highest BCUT2D eigenvalue weighted by Gasteiger charge is 2.20. The van der Waals surface area contributed by atoms with Gasteiger partial charge in [0, 0.05) is 27.7 Å². The van der Waals surface area contributed by atoms with Gasteiger partial charge >= 0.3 is 0 Å². The Morgan fingerprint density at radius 1 is 0.794 bits per heavy atom. The number of benzene rings is 3. The molecule has 0 aliphatic rings. The lowest BCUT2D eigenvalue weighted by Gasteiger charge is -2.14. The van der Waals surface area contributed by atoms with Gasteiger partial charge in [0.25, 0.3) is 5.91 Å². The van der Waals surface area contributed by atoms with E-state index in [1.54, 1.807) is 42.5 Å². The Morgan fingerprint density at radius 3 is 2.09 bits per heavy atom. The molecular weight excluding hydrogens is 504 g/mol. The Bertz CT molecular complexity index is 1210. The summed E-state index contributed by atoms with van der Waals surface area (Å²) in [7, 11) is 4.34. The van der Waals surface area contributed by atoms with Gasteiger partial charge in [0.15, 0.2) is 17.3 Å². The van der Waals surface area contributed by atoms with Gasteiger partial charge in [0.05, 0.1) is 39.1 Å². The van der Waals surface area contributed by atoms with Crippen molar-refractivity contribution in [3.63, 3.8) is 0 Å². The summed E-state index contributed by atoms with van der Waals surface area (Å²) in [6.45, 7) is -0.328. The van der Waals surface area contributed by atoms with Gasteiger partial charge in [-0.05, 0) is 18.2 Å². The molecule has 0 saturated carbocycles. The molecule has 9 heteroatoms. The van der Waals surface area contributed by atoms with E-state index in [9.17, 15) is 14.4 Å². The Hall–Kier alpha value is -3.85. The predicted molar refractivity (Wildman–Crippen MR) is 131 cm³/mol. The molecule has 3 aromatic rings. The second kappa shape index (κ2) is 11.3. The van der Waals surface area contributed by atoms with Crippen molar-refractivity contribution in [2.45, 2.75) is 0 Å². The highest BCUT2D eigenvalue weighted by Crippen LogP contribution is 2.34. The minimum Gasteiger partial charge on any atom is -0.496 e. The number of carbonyl (C=O) groups is 3. The lowest BCUT2D eigenvalue weighted by Crippen LogP contribution is -2.33. The zero-order chi connectivity index (χ0) is 24.7. The van der Waals surface area contributed by atoms with E-state index < -0.39 is 11.8 Å². The highest BCUT2D eigenvalue weighted by molar-refractivity contribution is 9.10. The Labute approximate surface area is 205 Å². The van der Waals surface area contributed by atoms with Crippen LogP contribution in [0.3, 0.4) is 0 Å². The van der Waals surface area contributed by atoms with Crippen molar-refractivity contribution in [2.75, 3.05) is 33.2 Å². The van der Waals surface area contributed by atoms with Crippen LogP contribution in [0.15, 0.2) is 65.1 Å². The van der Waals surface area contributed by atoms with Crippen LogP contribution in [0.25, 0.3) is 0 Å². The van der Waals surface area contributed by atoms with Gasteiger partial charge < -0.3 is 24.8 Å². The molecule has 0 saturated heterocycles. The fourth-order valence-corrected chi connectivity index (χ4v) is 3.58. The quantitative estimate of drug-likeness (QED) is 0.407. The van der Waals surface area contributed by atoms with E-state index in [1.165, 1.54) is 33.5 Å². The van der Waals surface area contributed by atoms with Crippen molar-refractivity contribution in [1.82, 2.24) is 5.32 Å². The Kier molecular flexibility index (Phi) is 8.26. The number of ether oxygens (including phenoxy) is 3. The molecule has 0 heterocycles. The fourth-order valence-electron chi connectivity index (χ4n) is 3.22. The lowest BCUT2D eigenvalue weighted by atomic mass is 10.0. The first-order chi connectivity index (χ1) is 16.4. The molecule has 8 nitrogen and oxygen atoms in total. The SMILES string of the molecule is COc1cc(OC)c(C(=O)NCC(=O)Nc2ccc(Br)cc2C(=O)c2ccccc2)cc1OC. The monoisotopic (exact) mass is 526 g/mol. The van der Waals surface area contributed by atoms with Crippen LogP contribution in [0.5, 0.6) is 17.2 Å². The van der Waals surface area contributed by atoms with Gasteiger partial charge in [-0.3, -0.25) is 14.4 Å². The van der Waals surface area contributed by atoms with Gasteiger partial charge in [-0.15, -0.1) is 0 Å². The summed E-state index contributed by atoms with van der Waals surface area (Å²) in [4.78, 5) is 38.3. The third kappa shape index (κ3) is 5.74. The first-order valence-electron chi connectivity index (χ1n) is 10.1. The summed E-state index contributed by atoms with van der Waals surface area (Å²) in [5.74, 6) is -0.270. The maximum atomic E-state index is 13.0. The van der Waals surface area contributed by atoms with Crippen LogP contribution >= 0.6 is 15.9 Å². The van der Waals surface area contributed by atoms with E-state index in [2.05, 4.69) is 26.6 Å². The molecule has 0 aliphatic heterocycles. The minimum absolute atomic E-state index is 0.177. The smallest absolute Gasteiger partial charge is 0.255 e. The average Bonchev–Trinajstić information content (AvgIpc) is 2.87. The number of hydrogen-bond donors (Lipinski definition) is 2. The van der Waals surface area contributed by atoms with Gasteiger partial charge in [-0.2, -0.15) is 0 Å². The van der Waals surface area contributed by atoms with E-state index in [0.717, 1.165) is 0 Å². The molecule has 0 radical (unpaired) electrons.